The second-order valence-electron chi connectivity index (χ2n) is 4.97. The maximum atomic E-state index is 6.14. The third-order valence-electron chi connectivity index (χ3n) is 3.79. The molecule has 2 rings (SSSR count). The van der Waals surface area contributed by atoms with Crippen LogP contribution in [0.5, 0.6) is 0 Å². The Balaban J connectivity index is 2.45. The van der Waals surface area contributed by atoms with Gasteiger partial charge in [0.15, 0.2) is 0 Å². The van der Waals surface area contributed by atoms with Crippen LogP contribution in [0.2, 0.25) is 5.02 Å². The molecule has 1 aromatic carbocycles. The quantitative estimate of drug-likeness (QED) is 0.631. The molecule has 1 atom stereocenters. The van der Waals surface area contributed by atoms with Gasteiger partial charge in [-0.15, -0.1) is 0 Å². The zero-order chi connectivity index (χ0) is 12.4. The van der Waals surface area contributed by atoms with Crippen molar-refractivity contribution >= 4 is 17.2 Å². The van der Waals surface area contributed by atoms with Crippen LogP contribution in [0.4, 0.5) is 0 Å². The lowest BCUT2D eigenvalue weighted by Crippen LogP contribution is -1.98. The van der Waals surface area contributed by atoms with E-state index < -0.39 is 0 Å². The molecule has 0 saturated carbocycles. The minimum atomic E-state index is 0.619. The van der Waals surface area contributed by atoms with Gasteiger partial charge in [0.25, 0.3) is 0 Å². The molecule has 0 fully saturated rings. The predicted molar refractivity (Wildman–Crippen MR) is 76.6 cm³/mol. The van der Waals surface area contributed by atoms with Crippen LogP contribution in [0.1, 0.15) is 63.5 Å². The number of hydrogen-bond acceptors (Lipinski definition) is 0. The molecule has 1 aliphatic rings. The number of fused-ring (bicyclic) bond motifs is 1. The van der Waals surface area contributed by atoms with E-state index in [4.69, 9.17) is 11.6 Å². The molecule has 0 bridgehead atoms. The zero-order valence-electron chi connectivity index (χ0n) is 11.0. The van der Waals surface area contributed by atoms with Crippen LogP contribution in [0, 0.1) is 0 Å². The lowest BCUT2D eigenvalue weighted by Gasteiger charge is -2.16. The van der Waals surface area contributed by atoms with Crippen molar-refractivity contribution in [3.8, 4) is 0 Å². The van der Waals surface area contributed by atoms with Gasteiger partial charge in [-0.25, -0.2) is 0 Å². The van der Waals surface area contributed by atoms with Crippen LogP contribution in [-0.2, 0) is 0 Å². The third-order valence-corrected chi connectivity index (χ3v) is 4.03. The van der Waals surface area contributed by atoms with E-state index in [2.05, 4.69) is 32.9 Å². The molecule has 92 valence electrons. The molecule has 0 spiro atoms. The van der Waals surface area contributed by atoms with E-state index in [0.717, 1.165) is 5.02 Å². The summed E-state index contributed by atoms with van der Waals surface area (Å²) in [7, 11) is 0. The molecule has 1 heteroatoms. The van der Waals surface area contributed by atoms with Gasteiger partial charge in [-0.05, 0) is 48.6 Å². The van der Waals surface area contributed by atoms with Crippen molar-refractivity contribution in [3.05, 3.63) is 39.9 Å². The van der Waals surface area contributed by atoms with Crippen molar-refractivity contribution in [1.29, 1.82) is 0 Å². The SMILES string of the molecule is CCCC1=C(C)c2ccc(Cl)cc2C1CCC. The molecule has 0 N–H and O–H groups in total. The molecule has 0 heterocycles. The van der Waals surface area contributed by atoms with Crippen molar-refractivity contribution in [3.63, 3.8) is 0 Å². The first kappa shape index (κ1) is 12.7. The molecule has 1 aromatic rings. The summed E-state index contributed by atoms with van der Waals surface area (Å²) in [6, 6.07) is 6.38. The van der Waals surface area contributed by atoms with Gasteiger partial charge in [-0.1, -0.05) is 49.9 Å². The average Bonchev–Trinajstić information content (AvgIpc) is 2.55. The molecule has 0 amide bonds. The zero-order valence-corrected chi connectivity index (χ0v) is 11.8. The highest BCUT2D eigenvalue weighted by Gasteiger charge is 2.27. The van der Waals surface area contributed by atoms with Gasteiger partial charge in [0.1, 0.15) is 0 Å². The molecular formula is C16H21Cl. The molecule has 0 saturated heterocycles. The van der Waals surface area contributed by atoms with Crippen molar-refractivity contribution < 1.29 is 0 Å². The van der Waals surface area contributed by atoms with Crippen LogP contribution in [0.3, 0.4) is 0 Å². The summed E-state index contributed by atoms with van der Waals surface area (Å²) in [5.74, 6) is 0.619. The van der Waals surface area contributed by atoms with Gasteiger partial charge in [-0.3, -0.25) is 0 Å². The van der Waals surface area contributed by atoms with Crippen LogP contribution < -0.4 is 0 Å². The number of hydrogen-bond donors (Lipinski definition) is 0. The summed E-state index contributed by atoms with van der Waals surface area (Å²) in [6.45, 7) is 6.80. The minimum absolute atomic E-state index is 0.619. The second kappa shape index (κ2) is 5.27. The number of rotatable bonds is 4. The number of benzene rings is 1. The first-order valence-electron chi connectivity index (χ1n) is 6.68. The summed E-state index contributed by atoms with van der Waals surface area (Å²) in [5.41, 5.74) is 6.03. The minimum Gasteiger partial charge on any atom is -0.0843 e. The Morgan fingerprint density at radius 1 is 1.18 bits per heavy atom. The fourth-order valence-corrected chi connectivity index (χ4v) is 3.22. The van der Waals surface area contributed by atoms with Crippen LogP contribution >= 0.6 is 11.6 Å². The van der Waals surface area contributed by atoms with Crippen molar-refractivity contribution in [2.45, 2.75) is 52.4 Å². The molecule has 0 aliphatic heterocycles. The van der Waals surface area contributed by atoms with Gasteiger partial charge < -0.3 is 0 Å². The predicted octanol–water partition coefficient (Wildman–Crippen LogP) is 5.81. The number of allylic oxidation sites excluding steroid dienone is 2. The summed E-state index contributed by atoms with van der Waals surface area (Å²) in [4.78, 5) is 0. The van der Waals surface area contributed by atoms with Gasteiger partial charge in [0.05, 0.1) is 0 Å². The summed E-state index contributed by atoms with van der Waals surface area (Å²) < 4.78 is 0. The van der Waals surface area contributed by atoms with Crippen molar-refractivity contribution in [1.82, 2.24) is 0 Å². The molecule has 0 radical (unpaired) electrons. The van der Waals surface area contributed by atoms with E-state index in [1.807, 2.05) is 6.07 Å². The van der Waals surface area contributed by atoms with Crippen molar-refractivity contribution in [2.75, 3.05) is 0 Å². The van der Waals surface area contributed by atoms with Crippen molar-refractivity contribution in [2.24, 2.45) is 0 Å². The molecule has 0 nitrogen and oxygen atoms in total. The van der Waals surface area contributed by atoms with E-state index >= 15 is 0 Å². The fourth-order valence-electron chi connectivity index (χ4n) is 3.03. The van der Waals surface area contributed by atoms with Gasteiger partial charge in [0.2, 0.25) is 0 Å². The summed E-state index contributed by atoms with van der Waals surface area (Å²) in [5, 5.41) is 0.871. The van der Waals surface area contributed by atoms with Crippen LogP contribution in [0.25, 0.3) is 5.57 Å². The lowest BCUT2D eigenvalue weighted by atomic mass is 9.89. The number of halogens is 1. The van der Waals surface area contributed by atoms with Crippen LogP contribution in [-0.4, -0.2) is 0 Å². The second-order valence-corrected chi connectivity index (χ2v) is 5.41. The lowest BCUT2D eigenvalue weighted by molar-refractivity contribution is 0.665. The van der Waals surface area contributed by atoms with Gasteiger partial charge in [0, 0.05) is 10.9 Å². The highest BCUT2D eigenvalue weighted by atomic mass is 35.5. The maximum absolute atomic E-state index is 6.14. The first-order valence-corrected chi connectivity index (χ1v) is 7.06. The van der Waals surface area contributed by atoms with Gasteiger partial charge >= 0.3 is 0 Å². The Bertz CT molecular complexity index is 443. The largest absolute Gasteiger partial charge is 0.0843 e. The molecule has 1 unspecified atom stereocenters. The third kappa shape index (κ3) is 2.28. The molecule has 0 aromatic heterocycles. The highest BCUT2D eigenvalue weighted by molar-refractivity contribution is 6.30. The smallest absolute Gasteiger partial charge is 0.0409 e. The Labute approximate surface area is 110 Å². The summed E-state index contributed by atoms with van der Waals surface area (Å²) >= 11 is 6.14. The fraction of sp³-hybridized carbons (Fsp3) is 0.500. The Kier molecular flexibility index (Phi) is 3.93. The Hall–Kier alpha value is -0.750. The van der Waals surface area contributed by atoms with E-state index in [-0.39, 0.29) is 0 Å². The molecule has 17 heavy (non-hydrogen) atoms. The maximum Gasteiger partial charge on any atom is 0.0409 e. The van der Waals surface area contributed by atoms with E-state index in [0.29, 0.717) is 5.92 Å². The van der Waals surface area contributed by atoms with Crippen LogP contribution in [0.15, 0.2) is 23.8 Å². The Morgan fingerprint density at radius 3 is 2.59 bits per heavy atom. The summed E-state index contributed by atoms with van der Waals surface area (Å²) in [6.07, 6.45) is 4.94. The monoisotopic (exact) mass is 248 g/mol. The topological polar surface area (TPSA) is 0 Å². The normalized spacial score (nSPS) is 18.7. The Morgan fingerprint density at radius 2 is 1.94 bits per heavy atom. The van der Waals surface area contributed by atoms with E-state index in [1.54, 1.807) is 5.57 Å². The standard InChI is InChI=1S/C16H21Cl/c1-4-6-13-11(3)14-9-8-12(17)10-16(14)15(13)7-5-2/h8-10,15H,4-7H2,1-3H3. The van der Waals surface area contributed by atoms with Gasteiger partial charge in [-0.2, -0.15) is 0 Å². The molecular weight excluding hydrogens is 228 g/mol. The molecule has 1 aliphatic carbocycles. The average molecular weight is 249 g/mol. The highest BCUT2D eigenvalue weighted by Crippen LogP contribution is 2.46. The van der Waals surface area contributed by atoms with E-state index in [9.17, 15) is 0 Å². The first-order chi connectivity index (χ1) is 8.19. The van der Waals surface area contributed by atoms with E-state index in [1.165, 1.54) is 42.4 Å².